The normalized spacial score (nSPS) is 14.7. The minimum atomic E-state index is -0.564. The van der Waals surface area contributed by atoms with Gasteiger partial charge in [0, 0.05) is 13.1 Å². The van der Waals surface area contributed by atoms with Crippen LogP contribution in [-0.2, 0) is 0 Å². The van der Waals surface area contributed by atoms with E-state index in [-0.39, 0.29) is 0 Å². The first-order valence-electron chi connectivity index (χ1n) is 3.51. The molecule has 1 atom stereocenters. The lowest BCUT2D eigenvalue weighted by Gasteiger charge is -2.28. The van der Waals surface area contributed by atoms with Crippen LogP contribution in [0, 0.1) is 0 Å². The molecule has 0 saturated heterocycles. The molecule has 0 aliphatic heterocycles. The summed E-state index contributed by atoms with van der Waals surface area (Å²) < 4.78 is 4.31. The van der Waals surface area contributed by atoms with E-state index >= 15 is 0 Å². The molecule has 0 amide bonds. The highest BCUT2D eigenvalue weighted by atomic mass is 35.7. The molecule has 0 aliphatic rings. The third-order valence-electron chi connectivity index (χ3n) is 1.29. The molecular formula is C6H16ClN2P. The van der Waals surface area contributed by atoms with Crippen molar-refractivity contribution >= 4 is 18.8 Å². The maximum Gasteiger partial charge on any atom is 0.139 e. The Bertz CT molecular complexity index is 85.8. The predicted octanol–water partition coefficient (Wildman–Crippen LogP) is 2.36. The van der Waals surface area contributed by atoms with Crippen molar-refractivity contribution in [2.24, 2.45) is 0 Å². The first-order chi connectivity index (χ1) is 4.63. The third kappa shape index (κ3) is 3.16. The summed E-state index contributed by atoms with van der Waals surface area (Å²) in [5, 5.41) is 0. The van der Waals surface area contributed by atoms with Crippen LogP contribution in [0.5, 0.6) is 0 Å². The van der Waals surface area contributed by atoms with Gasteiger partial charge < -0.3 is 0 Å². The summed E-state index contributed by atoms with van der Waals surface area (Å²) in [6.07, 6.45) is 0. The van der Waals surface area contributed by atoms with Crippen molar-refractivity contribution in [3.8, 4) is 0 Å². The molecule has 0 heterocycles. The summed E-state index contributed by atoms with van der Waals surface area (Å²) >= 11 is 6.10. The van der Waals surface area contributed by atoms with E-state index in [0.717, 1.165) is 13.1 Å². The van der Waals surface area contributed by atoms with Crippen LogP contribution in [0.4, 0.5) is 0 Å². The zero-order valence-electron chi connectivity index (χ0n) is 7.13. The summed E-state index contributed by atoms with van der Waals surface area (Å²) in [5.74, 6) is 0. The maximum absolute atomic E-state index is 6.10. The average Bonchev–Trinajstić information content (AvgIpc) is 1.90. The van der Waals surface area contributed by atoms with E-state index in [2.05, 4.69) is 23.2 Å². The number of hydrogen-bond acceptors (Lipinski definition) is 2. The van der Waals surface area contributed by atoms with Gasteiger partial charge >= 0.3 is 0 Å². The Morgan fingerprint density at radius 2 is 1.60 bits per heavy atom. The molecule has 0 bridgehead atoms. The number of halogens is 1. The van der Waals surface area contributed by atoms with E-state index in [1.807, 2.05) is 14.1 Å². The minimum absolute atomic E-state index is 0.564. The fourth-order valence-corrected chi connectivity index (χ4v) is 2.32. The van der Waals surface area contributed by atoms with E-state index < -0.39 is 7.58 Å². The topological polar surface area (TPSA) is 6.48 Å². The Morgan fingerprint density at radius 1 is 1.20 bits per heavy atom. The molecule has 0 spiro atoms. The fraction of sp³-hybridized carbons (Fsp3) is 1.00. The number of rotatable bonds is 4. The first kappa shape index (κ1) is 10.6. The van der Waals surface area contributed by atoms with Crippen molar-refractivity contribution in [3.63, 3.8) is 0 Å². The maximum atomic E-state index is 6.10. The standard InChI is InChI=1S/C6H16ClN2P/c1-5-9(6-2)10(7)8(3)4/h5-6H2,1-4H3. The molecule has 10 heavy (non-hydrogen) atoms. The monoisotopic (exact) mass is 182 g/mol. The van der Waals surface area contributed by atoms with Gasteiger partial charge in [0.2, 0.25) is 0 Å². The summed E-state index contributed by atoms with van der Waals surface area (Å²) in [4.78, 5) is 0. The van der Waals surface area contributed by atoms with Crippen LogP contribution >= 0.6 is 18.8 Å². The molecular weight excluding hydrogens is 167 g/mol. The zero-order valence-corrected chi connectivity index (χ0v) is 8.78. The number of nitrogens with zero attached hydrogens (tertiary/aromatic N) is 2. The highest BCUT2D eigenvalue weighted by Gasteiger charge is 2.13. The van der Waals surface area contributed by atoms with E-state index in [0.29, 0.717) is 0 Å². The Balaban J connectivity index is 3.76. The Kier molecular flexibility index (Phi) is 5.65. The van der Waals surface area contributed by atoms with Gasteiger partial charge in [-0.05, 0) is 14.1 Å². The minimum Gasteiger partial charge on any atom is -0.264 e. The Hall–Kier alpha value is 0.640. The van der Waals surface area contributed by atoms with Crippen LogP contribution in [0.1, 0.15) is 13.8 Å². The molecule has 62 valence electrons. The van der Waals surface area contributed by atoms with Crippen LogP contribution in [0.3, 0.4) is 0 Å². The summed E-state index contributed by atoms with van der Waals surface area (Å²) in [6.45, 7) is 6.32. The smallest absolute Gasteiger partial charge is 0.139 e. The number of hydrogen-bond donors (Lipinski definition) is 0. The molecule has 0 N–H and O–H groups in total. The lowest BCUT2D eigenvalue weighted by atomic mass is 10.7. The molecule has 0 radical (unpaired) electrons. The lowest BCUT2D eigenvalue weighted by Crippen LogP contribution is -2.21. The zero-order chi connectivity index (χ0) is 8.15. The van der Waals surface area contributed by atoms with Gasteiger partial charge in [0.15, 0.2) is 0 Å². The second kappa shape index (κ2) is 5.31. The Morgan fingerprint density at radius 3 is 1.70 bits per heavy atom. The van der Waals surface area contributed by atoms with Gasteiger partial charge in [-0.1, -0.05) is 25.1 Å². The molecule has 1 unspecified atom stereocenters. The molecule has 0 saturated carbocycles. The van der Waals surface area contributed by atoms with E-state index in [1.165, 1.54) is 0 Å². The summed E-state index contributed by atoms with van der Waals surface area (Å²) in [7, 11) is 3.46. The van der Waals surface area contributed by atoms with Gasteiger partial charge in [-0.3, -0.25) is 9.34 Å². The molecule has 0 aromatic carbocycles. The van der Waals surface area contributed by atoms with Crippen molar-refractivity contribution in [2.75, 3.05) is 27.2 Å². The van der Waals surface area contributed by atoms with Crippen molar-refractivity contribution in [1.82, 2.24) is 9.34 Å². The summed E-state index contributed by atoms with van der Waals surface area (Å²) in [5.41, 5.74) is 0. The van der Waals surface area contributed by atoms with E-state index in [9.17, 15) is 0 Å². The van der Waals surface area contributed by atoms with Crippen LogP contribution in [0.25, 0.3) is 0 Å². The van der Waals surface area contributed by atoms with Crippen LogP contribution in [-0.4, -0.2) is 36.5 Å². The van der Waals surface area contributed by atoms with Gasteiger partial charge in [-0.25, -0.2) is 0 Å². The quantitative estimate of drug-likeness (QED) is 0.616. The van der Waals surface area contributed by atoms with Gasteiger partial charge in [0.1, 0.15) is 7.58 Å². The molecule has 4 heteroatoms. The summed E-state index contributed by atoms with van der Waals surface area (Å²) in [6, 6.07) is 0. The van der Waals surface area contributed by atoms with Crippen molar-refractivity contribution in [1.29, 1.82) is 0 Å². The third-order valence-corrected chi connectivity index (χ3v) is 4.53. The predicted molar refractivity (Wildman–Crippen MR) is 49.4 cm³/mol. The molecule has 0 aliphatic carbocycles. The van der Waals surface area contributed by atoms with Gasteiger partial charge in [0.05, 0.1) is 0 Å². The molecule has 0 fully saturated rings. The largest absolute Gasteiger partial charge is 0.264 e. The van der Waals surface area contributed by atoms with Crippen molar-refractivity contribution in [2.45, 2.75) is 13.8 Å². The van der Waals surface area contributed by atoms with Crippen LogP contribution in [0.15, 0.2) is 0 Å². The average molecular weight is 183 g/mol. The highest BCUT2D eigenvalue weighted by Crippen LogP contribution is 2.46. The van der Waals surface area contributed by atoms with Crippen molar-refractivity contribution < 1.29 is 0 Å². The molecule has 2 nitrogen and oxygen atoms in total. The second-order valence-electron chi connectivity index (χ2n) is 2.23. The van der Waals surface area contributed by atoms with Crippen molar-refractivity contribution in [3.05, 3.63) is 0 Å². The fourth-order valence-electron chi connectivity index (χ4n) is 0.710. The molecule has 0 aromatic heterocycles. The molecule has 0 rings (SSSR count). The lowest BCUT2D eigenvalue weighted by molar-refractivity contribution is 0.478. The van der Waals surface area contributed by atoms with Crippen LogP contribution in [0.2, 0.25) is 0 Å². The Labute approximate surface area is 69.8 Å². The molecule has 0 aromatic rings. The van der Waals surface area contributed by atoms with E-state index in [1.54, 1.807) is 0 Å². The highest BCUT2D eigenvalue weighted by molar-refractivity contribution is 7.80. The second-order valence-corrected chi connectivity index (χ2v) is 4.98. The van der Waals surface area contributed by atoms with Gasteiger partial charge in [-0.2, -0.15) is 0 Å². The van der Waals surface area contributed by atoms with Gasteiger partial charge in [0.25, 0.3) is 0 Å². The SMILES string of the molecule is CCN(CC)P(Cl)N(C)C. The van der Waals surface area contributed by atoms with Gasteiger partial charge in [-0.15, -0.1) is 0 Å². The van der Waals surface area contributed by atoms with E-state index in [4.69, 9.17) is 11.2 Å². The first-order valence-corrected chi connectivity index (χ1v) is 5.66. The van der Waals surface area contributed by atoms with Crippen LogP contribution < -0.4 is 0 Å².